The number of nitrogens with zero attached hydrogens (tertiary/aromatic N) is 5. The zero-order valence-corrected chi connectivity index (χ0v) is 18.4. The molecule has 4 heterocycles. The smallest absolute Gasteiger partial charge is 0.137 e. The largest absolute Gasteiger partial charge is 0.378 e. The minimum absolute atomic E-state index is 0.590. The molecule has 0 unspecified atom stereocenters. The molecule has 0 aromatic carbocycles. The first-order chi connectivity index (χ1) is 14.8. The van der Waals surface area contributed by atoms with E-state index in [1.807, 2.05) is 42.6 Å². The van der Waals surface area contributed by atoms with Gasteiger partial charge in [-0.3, -0.25) is 15.0 Å². The quantitative estimate of drug-likeness (QED) is 0.474. The van der Waals surface area contributed by atoms with E-state index in [9.17, 15) is 0 Å². The van der Waals surface area contributed by atoms with Crippen LogP contribution in [-0.4, -0.2) is 39.7 Å². The second kappa shape index (κ2) is 8.49. The van der Waals surface area contributed by atoms with E-state index in [0.29, 0.717) is 12.5 Å². The molecule has 1 saturated carbocycles. The molecule has 0 spiro atoms. The number of fused-ring (bicyclic) bond motifs is 1. The van der Waals surface area contributed by atoms with Crippen LogP contribution in [0.5, 0.6) is 0 Å². The average Bonchev–Trinajstić information content (AvgIpc) is 3.49. The van der Waals surface area contributed by atoms with Gasteiger partial charge in [-0.05, 0) is 43.2 Å². The maximum Gasteiger partial charge on any atom is 0.137 e. The van der Waals surface area contributed by atoms with E-state index >= 15 is 0 Å². The molecule has 150 valence electrons. The molecule has 0 bridgehead atoms. The lowest BCUT2D eigenvalue weighted by Crippen LogP contribution is -2.36. The summed E-state index contributed by atoms with van der Waals surface area (Å²) in [6.45, 7) is 0.646. The highest BCUT2D eigenvalue weighted by Crippen LogP contribution is 2.34. The molecule has 1 N–H and O–H groups in total. The van der Waals surface area contributed by atoms with Crippen molar-refractivity contribution >= 4 is 52.6 Å². The van der Waals surface area contributed by atoms with E-state index in [1.54, 1.807) is 17.5 Å². The maximum absolute atomic E-state index is 4.88. The van der Waals surface area contributed by atoms with Gasteiger partial charge in [0.2, 0.25) is 0 Å². The molecule has 8 heteroatoms. The molecule has 30 heavy (non-hydrogen) atoms. The average molecular weight is 431 g/mol. The Hall–Kier alpha value is -2.84. The highest BCUT2D eigenvalue weighted by molar-refractivity contribution is 7.24. The summed E-state index contributed by atoms with van der Waals surface area (Å²) in [7, 11) is -1.28. The maximum atomic E-state index is 4.88. The fourth-order valence-corrected chi connectivity index (χ4v) is 6.58. The lowest BCUT2D eigenvalue weighted by molar-refractivity contribution is 0.705. The Labute approximate surface area is 180 Å². The number of hydrogen-bond acceptors (Lipinski definition) is 7. The van der Waals surface area contributed by atoms with Gasteiger partial charge in [0.15, 0.2) is 0 Å². The van der Waals surface area contributed by atoms with Crippen molar-refractivity contribution in [3.05, 3.63) is 59.5 Å². The molecule has 0 radical (unpaired) electrons. The van der Waals surface area contributed by atoms with Gasteiger partial charge in [0.05, 0.1) is 40.5 Å². The molecule has 1 fully saturated rings. The number of nitrogens with one attached hydrogen (secondary N) is 1. The van der Waals surface area contributed by atoms with E-state index in [2.05, 4.69) is 31.7 Å². The summed E-state index contributed by atoms with van der Waals surface area (Å²) in [6, 6.07) is 12.0. The van der Waals surface area contributed by atoms with E-state index in [0.717, 1.165) is 32.4 Å². The third kappa shape index (κ3) is 4.06. The molecular formula is C22H22N6SSi. The standard InChI is InChI=1S/C22H22N6SSi/c1-30(22-28-27-21(29-22)15-6-2-3-7-15)20-10-9-18-19(26-20)12-17(14-25-18)24-13-16-8-4-5-11-23-16/h4-5,8-12,14-15,24H,1-3,6-7,13H2. The number of aromatic nitrogens is 5. The second-order valence-electron chi connectivity index (χ2n) is 7.54. The molecule has 0 atom stereocenters. The molecule has 6 nitrogen and oxygen atoms in total. The van der Waals surface area contributed by atoms with Gasteiger partial charge in [0, 0.05) is 12.1 Å². The number of anilines is 1. The molecule has 0 amide bonds. The van der Waals surface area contributed by atoms with Crippen LogP contribution in [0.15, 0.2) is 48.8 Å². The monoisotopic (exact) mass is 430 g/mol. The van der Waals surface area contributed by atoms with Crippen molar-refractivity contribution in [3.63, 3.8) is 0 Å². The SMILES string of the molecule is C=[Si](c1ccc2ncc(NCc3ccccn3)cc2n1)c1nnc(C2CCCC2)s1. The Bertz CT molecular complexity index is 1190. The number of pyridine rings is 3. The molecule has 0 saturated heterocycles. The van der Waals surface area contributed by atoms with Crippen molar-refractivity contribution in [1.29, 1.82) is 0 Å². The molecule has 1 aliphatic carbocycles. The van der Waals surface area contributed by atoms with Crippen molar-refractivity contribution in [2.24, 2.45) is 0 Å². The van der Waals surface area contributed by atoms with Crippen molar-refractivity contribution in [1.82, 2.24) is 25.1 Å². The molecule has 5 rings (SSSR count). The van der Waals surface area contributed by atoms with Crippen LogP contribution in [0.2, 0.25) is 0 Å². The van der Waals surface area contributed by atoms with Gasteiger partial charge in [0.25, 0.3) is 0 Å². The van der Waals surface area contributed by atoms with E-state index in [-0.39, 0.29) is 0 Å². The number of hydrogen-bond donors (Lipinski definition) is 1. The minimum atomic E-state index is -1.28. The topological polar surface area (TPSA) is 76.5 Å². The van der Waals surface area contributed by atoms with Gasteiger partial charge < -0.3 is 5.32 Å². The Morgan fingerprint density at radius 2 is 1.97 bits per heavy atom. The van der Waals surface area contributed by atoms with Crippen LogP contribution in [0.25, 0.3) is 11.0 Å². The summed E-state index contributed by atoms with van der Waals surface area (Å²) < 4.78 is 1.03. The first kappa shape index (κ1) is 19.1. The van der Waals surface area contributed by atoms with Gasteiger partial charge >= 0.3 is 0 Å². The van der Waals surface area contributed by atoms with Crippen molar-refractivity contribution in [2.75, 3.05) is 5.32 Å². The van der Waals surface area contributed by atoms with Crippen LogP contribution >= 0.6 is 11.3 Å². The predicted octanol–water partition coefficient (Wildman–Crippen LogP) is 2.77. The summed E-state index contributed by atoms with van der Waals surface area (Å²) in [6.07, 6.45) is 13.1. The van der Waals surface area contributed by atoms with Gasteiger partial charge in [-0.2, -0.15) is 0 Å². The van der Waals surface area contributed by atoms with Gasteiger partial charge in [0.1, 0.15) is 18.0 Å². The fourth-order valence-electron chi connectivity index (χ4n) is 3.77. The molecule has 0 aliphatic heterocycles. The van der Waals surface area contributed by atoms with Crippen LogP contribution in [0.4, 0.5) is 5.69 Å². The third-order valence-electron chi connectivity index (χ3n) is 5.45. The summed E-state index contributed by atoms with van der Waals surface area (Å²) in [4.78, 5) is 13.8. The van der Waals surface area contributed by atoms with Crippen LogP contribution in [-0.2, 0) is 6.54 Å². The summed E-state index contributed by atoms with van der Waals surface area (Å²) in [5.41, 5.74) is 3.65. The Kier molecular flexibility index (Phi) is 5.42. The zero-order chi connectivity index (χ0) is 20.3. The van der Waals surface area contributed by atoms with Crippen LogP contribution < -0.4 is 15.3 Å². The normalized spacial score (nSPS) is 14.3. The van der Waals surface area contributed by atoms with E-state index < -0.39 is 8.41 Å². The highest BCUT2D eigenvalue weighted by atomic mass is 32.1. The minimum Gasteiger partial charge on any atom is -0.378 e. The Balaban J connectivity index is 1.36. The zero-order valence-electron chi connectivity index (χ0n) is 16.6. The fraction of sp³-hybridized carbons (Fsp3) is 0.273. The second-order valence-corrected chi connectivity index (χ2v) is 10.9. The lowest BCUT2D eigenvalue weighted by atomic mass is 10.1. The van der Waals surface area contributed by atoms with Crippen molar-refractivity contribution in [3.8, 4) is 0 Å². The van der Waals surface area contributed by atoms with Crippen LogP contribution in [0, 0.1) is 0 Å². The Morgan fingerprint density at radius 3 is 2.80 bits per heavy atom. The first-order valence-corrected chi connectivity index (χ1v) is 12.7. The molecule has 4 aromatic rings. The van der Waals surface area contributed by atoms with Crippen LogP contribution in [0.1, 0.15) is 42.3 Å². The third-order valence-corrected chi connectivity index (χ3v) is 8.91. The Morgan fingerprint density at radius 1 is 1.07 bits per heavy atom. The molecular weight excluding hydrogens is 408 g/mol. The summed E-state index contributed by atoms with van der Waals surface area (Å²) in [5.74, 6) is 0.590. The molecule has 4 aromatic heterocycles. The highest BCUT2D eigenvalue weighted by Gasteiger charge is 2.22. The van der Waals surface area contributed by atoms with Gasteiger partial charge in [-0.1, -0.05) is 18.9 Å². The summed E-state index contributed by atoms with van der Waals surface area (Å²) >= 11 is 1.73. The van der Waals surface area contributed by atoms with E-state index in [4.69, 9.17) is 4.98 Å². The lowest BCUT2D eigenvalue weighted by Gasteiger charge is -2.07. The summed E-state index contributed by atoms with van der Waals surface area (Å²) in [5, 5.41) is 14.5. The predicted molar refractivity (Wildman–Crippen MR) is 124 cm³/mol. The van der Waals surface area contributed by atoms with Crippen LogP contribution in [0.3, 0.4) is 0 Å². The van der Waals surface area contributed by atoms with Gasteiger partial charge in [-0.15, -0.1) is 27.7 Å². The van der Waals surface area contributed by atoms with Gasteiger partial charge in [-0.25, -0.2) is 0 Å². The first-order valence-electron chi connectivity index (χ1n) is 10.2. The van der Waals surface area contributed by atoms with Crippen molar-refractivity contribution in [2.45, 2.75) is 38.1 Å². The van der Waals surface area contributed by atoms with E-state index in [1.165, 1.54) is 30.7 Å². The molecule has 1 aliphatic rings. The van der Waals surface area contributed by atoms with Crippen molar-refractivity contribution < 1.29 is 0 Å². The number of rotatable bonds is 6.